The lowest BCUT2D eigenvalue weighted by Gasteiger charge is -2.23. The maximum atomic E-state index is 14.9. The van der Waals surface area contributed by atoms with E-state index in [2.05, 4.69) is 24.3 Å². The van der Waals surface area contributed by atoms with Crippen molar-refractivity contribution >= 4 is 55.4 Å². The van der Waals surface area contributed by atoms with Crippen molar-refractivity contribution < 1.29 is 13.3 Å². The van der Waals surface area contributed by atoms with E-state index < -0.39 is 18.8 Å². The molecule has 0 N–H and O–H groups in total. The molecule has 0 aliphatic rings. The smallest absolute Gasteiger partial charge is 0.171 e. The summed E-state index contributed by atoms with van der Waals surface area (Å²) in [7, 11) is -3.57. The molecule has 0 saturated heterocycles. The second-order valence-electron chi connectivity index (χ2n) is 8.01. The zero-order valence-electron chi connectivity index (χ0n) is 16.9. The first-order valence-electron chi connectivity index (χ1n) is 10.4. The molecule has 0 spiro atoms. The van der Waals surface area contributed by atoms with Gasteiger partial charge in [-0.2, -0.15) is 0 Å². The lowest BCUT2D eigenvalue weighted by Crippen LogP contribution is -2.26. The summed E-state index contributed by atoms with van der Waals surface area (Å²) in [5.41, 5.74) is 0. The summed E-state index contributed by atoms with van der Waals surface area (Å²) in [6, 6.07) is 29.7. The van der Waals surface area contributed by atoms with Crippen molar-refractivity contribution in [2.45, 2.75) is 0 Å². The van der Waals surface area contributed by atoms with Gasteiger partial charge < -0.3 is 4.57 Å². The van der Waals surface area contributed by atoms with Crippen LogP contribution in [0.2, 0.25) is 0 Å². The highest BCUT2D eigenvalue weighted by Gasteiger charge is 2.32. The molecule has 0 fully saturated rings. The molecule has 4 heteroatoms. The zero-order valence-corrected chi connectivity index (χ0v) is 17.8. The highest BCUT2D eigenvalue weighted by atomic mass is 31.2. The van der Waals surface area contributed by atoms with E-state index in [4.69, 9.17) is 0 Å². The van der Waals surface area contributed by atoms with Gasteiger partial charge in [-0.05, 0) is 62.6 Å². The van der Waals surface area contributed by atoms with E-state index in [0.29, 0.717) is 15.9 Å². The molecule has 0 aliphatic heterocycles. The van der Waals surface area contributed by atoms with E-state index in [0.717, 1.165) is 32.3 Å². The second kappa shape index (κ2) is 6.98. The van der Waals surface area contributed by atoms with Crippen LogP contribution in [0.4, 0.5) is 8.78 Å². The third-order valence-corrected chi connectivity index (χ3v) is 9.27. The molecule has 1 nitrogen and oxygen atoms in total. The molecule has 0 aliphatic carbocycles. The van der Waals surface area contributed by atoms with Crippen LogP contribution >= 0.6 is 7.14 Å². The summed E-state index contributed by atoms with van der Waals surface area (Å²) in [6.45, 7) is 0. The minimum atomic E-state index is -3.57. The lowest BCUT2D eigenvalue weighted by molar-refractivity contribution is 0.591. The summed E-state index contributed by atoms with van der Waals surface area (Å²) >= 11 is 0. The molecule has 0 atom stereocenters. The van der Waals surface area contributed by atoms with Crippen LogP contribution in [0.15, 0.2) is 103 Å². The van der Waals surface area contributed by atoms with Gasteiger partial charge in [-0.25, -0.2) is 8.78 Å². The van der Waals surface area contributed by atoms with Gasteiger partial charge in [-0.1, -0.05) is 72.8 Å². The van der Waals surface area contributed by atoms with Gasteiger partial charge in [0.15, 0.2) is 7.14 Å². The third kappa shape index (κ3) is 2.71. The monoisotopic (exact) mass is 438 g/mol. The Balaban J connectivity index is 1.78. The average molecular weight is 438 g/mol. The fourth-order valence-corrected chi connectivity index (χ4v) is 7.63. The van der Waals surface area contributed by atoms with Crippen LogP contribution in [-0.4, -0.2) is 0 Å². The molecular weight excluding hydrogens is 421 g/mol. The molecule has 154 valence electrons. The van der Waals surface area contributed by atoms with Crippen LogP contribution in [0.25, 0.3) is 32.3 Å². The van der Waals surface area contributed by atoms with Crippen LogP contribution in [-0.2, 0) is 4.57 Å². The lowest BCUT2D eigenvalue weighted by atomic mass is 9.94. The van der Waals surface area contributed by atoms with Crippen LogP contribution in [0.3, 0.4) is 0 Å². The quantitative estimate of drug-likeness (QED) is 0.228. The van der Waals surface area contributed by atoms with Crippen molar-refractivity contribution in [3.63, 3.8) is 0 Å². The molecule has 0 aromatic heterocycles. The fraction of sp³-hybridized carbons (Fsp3) is 0. The van der Waals surface area contributed by atoms with Crippen LogP contribution in [0, 0.1) is 11.6 Å². The summed E-state index contributed by atoms with van der Waals surface area (Å²) in [4.78, 5) is 0. The Bertz CT molecular complexity index is 1620. The van der Waals surface area contributed by atoms with E-state index in [1.54, 1.807) is 24.3 Å². The molecule has 6 rings (SSSR count). The van der Waals surface area contributed by atoms with Gasteiger partial charge in [0, 0.05) is 15.9 Å². The van der Waals surface area contributed by atoms with E-state index in [9.17, 15) is 13.3 Å². The minimum Gasteiger partial charge on any atom is -0.309 e. The van der Waals surface area contributed by atoms with Crippen LogP contribution in [0.5, 0.6) is 0 Å². The number of hydrogen-bond donors (Lipinski definition) is 0. The van der Waals surface area contributed by atoms with E-state index >= 15 is 0 Å². The van der Waals surface area contributed by atoms with Gasteiger partial charge >= 0.3 is 0 Å². The van der Waals surface area contributed by atoms with E-state index in [-0.39, 0.29) is 0 Å². The molecule has 0 saturated carbocycles. The summed E-state index contributed by atoms with van der Waals surface area (Å²) in [5.74, 6) is -0.950. The Hall–Kier alpha value is -3.55. The van der Waals surface area contributed by atoms with Gasteiger partial charge in [-0.15, -0.1) is 0 Å². The van der Waals surface area contributed by atoms with Gasteiger partial charge in [0.25, 0.3) is 0 Å². The number of hydrogen-bond acceptors (Lipinski definition) is 1. The molecule has 0 heterocycles. The Morgan fingerprint density at radius 1 is 0.531 bits per heavy atom. The van der Waals surface area contributed by atoms with Crippen molar-refractivity contribution in [1.29, 1.82) is 0 Å². The van der Waals surface area contributed by atoms with Crippen LogP contribution in [0.1, 0.15) is 0 Å². The summed E-state index contributed by atoms with van der Waals surface area (Å²) < 4.78 is 43.4. The van der Waals surface area contributed by atoms with Gasteiger partial charge in [-0.3, -0.25) is 0 Å². The number of benzene rings is 6. The van der Waals surface area contributed by atoms with Crippen LogP contribution < -0.4 is 15.9 Å². The topological polar surface area (TPSA) is 17.1 Å². The normalized spacial score (nSPS) is 12.2. The number of rotatable bonds is 3. The van der Waals surface area contributed by atoms with Crippen molar-refractivity contribution in [1.82, 2.24) is 0 Å². The second-order valence-corrected chi connectivity index (χ2v) is 10.7. The molecule has 6 aromatic rings. The average Bonchev–Trinajstić information content (AvgIpc) is 2.82. The molecular formula is C28H17F2OP. The Kier molecular flexibility index (Phi) is 4.18. The molecule has 0 radical (unpaired) electrons. The van der Waals surface area contributed by atoms with Crippen molar-refractivity contribution in [3.8, 4) is 0 Å². The predicted molar refractivity (Wildman–Crippen MR) is 129 cm³/mol. The largest absolute Gasteiger partial charge is 0.309 e. The Morgan fingerprint density at radius 2 is 1.03 bits per heavy atom. The Morgan fingerprint density at radius 3 is 1.62 bits per heavy atom. The summed E-state index contributed by atoms with van der Waals surface area (Å²) in [6.07, 6.45) is 0. The highest BCUT2D eigenvalue weighted by Crippen LogP contribution is 2.46. The van der Waals surface area contributed by atoms with Crippen molar-refractivity contribution in [2.75, 3.05) is 0 Å². The fourth-order valence-electron chi connectivity index (χ4n) is 4.77. The maximum Gasteiger partial charge on any atom is 0.171 e. The predicted octanol–water partition coefficient (Wildman–Crippen LogP) is 6.50. The first-order valence-corrected chi connectivity index (χ1v) is 12.1. The molecule has 32 heavy (non-hydrogen) atoms. The zero-order chi connectivity index (χ0) is 21.9. The molecule has 6 aromatic carbocycles. The van der Waals surface area contributed by atoms with Crippen molar-refractivity contribution in [2.24, 2.45) is 0 Å². The van der Waals surface area contributed by atoms with Gasteiger partial charge in [0.1, 0.15) is 11.6 Å². The van der Waals surface area contributed by atoms with Gasteiger partial charge in [0.05, 0.1) is 0 Å². The minimum absolute atomic E-state index is 0.345. The van der Waals surface area contributed by atoms with E-state index in [1.165, 1.54) is 24.3 Å². The molecule has 0 unspecified atom stereocenters. The highest BCUT2D eigenvalue weighted by molar-refractivity contribution is 7.85. The van der Waals surface area contributed by atoms with E-state index in [1.807, 2.05) is 30.3 Å². The standard InChI is InChI=1S/C28H17F2OP/c29-21-6-2-8-23(16-21)32(31,24-9-3-7-22(30)17-24)26-15-13-20-11-10-18-4-1-5-19-12-14-25(26)28(20)27(18)19/h1-17H. The first-order chi connectivity index (χ1) is 15.6. The molecule has 0 amide bonds. The van der Waals surface area contributed by atoms with Crippen molar-refractivity contribution in [3.05, 3.63) is 115 Å². The Labute approximate surface area is 183 Å². The summed E-state index contributed by atoms with van der Waals surface area (Å²) in [5, 5.41) is 7.48. The SMILES string of the molecule is O=P(c1cccc(F)c1)(c1cccc(F)c1)c1ccc2ccc3cccc4ccc1c2c34. The third-order valence-electron chi connectivity index (χ3n) is 6.19. The number of halogens is 2. The molecule has 0 bridgehead atoms. The first kappa shape index (κ1) is 19.2. The maximum absolute atomic E-state index is 14.9. The van der Waals surface area contributed by atoms with Gasteiger partial charge in [0.2, 0.25) is 0 Å².